The monoisotopic (exact) mass is 267 g/mol. The van der Waals surface area contributed by atoms with Gasteiger partial charge in [-0.1, -0.05) is 12.1 Å². The molecule has 0 fully saturated rings. The van der Waals surface area contributed by atoms with Crippen molar-refractivity contribution < 1.29 is 19.4 Å². The first-order valence-corrected chi connectivity index (χ1v) is 6.22. The SMILES string of the molecule is COCC(C)NC(=O)COc1cccc([C@H](C)O)c1. The summed E-state index contributed by atoms with van der Waals surface area (Å²) in [5, 5.41) is 12.2. The zero-order chi connectivity index (χ0) is 14.3. The third kappa shape index (κ3) is 5.72. The highest BCUT2D eigenvalue weighted by Crippen LogP contribution is 2.18. The number of amides is 1. The van der Waals surface area contributed by atoms with Crippen molar-refractivity contribution in [3.05, 3.63) is 29.8 Å². The Bertz CT molecular complexity index is 406. The highest BCUT2D eigenvalue weighted by molar-refractivity contribution is 5.77. The number of aliphatic hydroxyl groups excluding tert-OH is 1. The first kappa shape index (κ1) is 15.5. The van der Waals surface area contributed by atoms with Crippen molar-refractivity contribution in [1.82, 2.24) is 5.32 Å². The molecule has 1 aromatic rings. The van der Waals surface area contributed by atoms with Crippen LogP contribution in [0.1, 0.15) is 25.5 Å². The second kappa shape index (κ2) is 7.76. The molecule has 0 aromatic heterocycles. The lowest BCUT2D eigenvalue weighted by Crippen LogP contribution is -2.38. The molecular weight excluding hydrogens is 246 g/mol. The van der Waals surface area contributed by atoms with Crippen LogP contribution in [0.4, 0.5) is 0 Å². The standard InChI is InChI=1S/C14H21NO4/c1-10(8-18-3)15-14(17)9-19-13-6-4-5-12(7-13)11(2)16/h4-7,10-11,16H,8-9H2,1-3H3,(H,15,17)/t10?,11-/m0/s1. The van der Waals surface area contributed by atoms with Crippen molar-refractivity contribution in [3.8, 4) is 5.75 Å². The van der Waals surface area contributed by atoms with Crippen molar-refractivity contribution >= 4 is 5.91 Å². The number of carbonyl (C=O) groups excluding carboxylic acids is 1. The molecule has 0 bridgehead atoms. The molecule has 19 heavy (non-hydrogen) atoms. The number of aliphatic hydroxyl groups is 1. The van der Waals surface area contributed by atoms with E-state index in [1.54, 1.807) is 38.3 Å². The summed E-state index contributed by atoms with van der Waals surface area (Å²) in [6.07, 6.45) is -0.556. The average Bonchev–Trinajstić information content (AvgIpc) is 2.37. The molecule has 106 valence electrons. The van der Waals surface area contributed by atoms with Crippen LogP contribution < -0.4 is 10.1 Å². The lowest BCUT2D eigenvalue weighted by Gasteiger charge is -2.13. The quantitative estimate of drug-likeness (QED) is 0.780. The first-order chi connectivity index (χ1) is 9.02. The number of rotatable bonds is 7. The van der Waals surface area contributed by atoms with Crippen LogP contribution in [-0.4, -0.2) is 37.4 Å². The Morgan fingerprint density at radius 1 is 1.42 bits per heavy atom. The normalized spacial score (nSPS) is 13.7. The highest BCUT2D eigenvalue weighted by Gasteiger charge is 2.08. The van der Waals surface area contributed by atoms with Crippen LogP contribution in [0.3, 0.4) is 0 Å². The molecule has 0 spiro atoms. The first-order valence-electron chi connectivity index (χ1n) is 6.22. The number of hydrogen-bond donors (Lipinski definition) is 2. The van der Waals surface area contributed by atoms with Gasteiger partial charge in [-0.25, -0.2) is 0 Å². The van der Waals surface area contributed by atoms with Crippen molar-refractivity contribution in [2.75, 3.05) is 20.3 Å². The minimum absolute atomic E-state index is 0.0510. The Labute approximate surface area is 113 Å². The summed E-state index contributed by atoms with van der Waals surface area (Å²) in [6.45, 7) is 3.94. The zero-order valence-electron chi connectivity index (χ0n) is 11.6. The Kier molecular flexibility index (Phi) is 6.32. The van der Waals surface area contributed by atoms with E-state index in [2.05, 4.69) is 5.32 Å². The second-order valence-electron chi connectivity index (χ2n) is 4.46. The van der Waals surface area contributed by atoms with Crippen molar-refractivity contribution in [3.63, 3.8) is 0 Å². The molecule has 1 aromatic carbocycles. The Morgan fingerprint density at radius 2 is 2.16 bits per heavy atom. The number of carbonyl (C=O) groups is 1. The van der Waals surface area contributed by atoms with E-state index in [0.29, 0.717) is 12.4 Å². The largest absolute Gasteiger partial charge is 0.484 e. The van der Waals surface area contributed by atoms with E-state index in [4.69, 9.17) is 9.47 Å². The van der Waals surface area contributed by atoms with Gasteiger partial charge < -0.3 is 19.9 Å². The van der Waals surface area contributed by atoms with Crippen molar-refractivity contribution in [2.24, 2.45) is 0 Å². The van der Waals surface area contributed by atoms with Gasteiger partial charge in [0.2, 0.25) is 0 Å². The summed E-state index contributed by atoms with van der Waals surface area (Å²) in [5.41, 5.74) is 0.755. The molecular formula is C14H21NO4. The van der Waals surface area contributed by atoms with Gasteiger partial charge >= 0.3 is 0 Å². The molecule has 5 heteroatoms. The van der Waals surface area contributed by atoms with Gasteiger partial charge in [-0.15, -0.1) is 0 Å². The third-order valence-corrected chi connectivity index (χ3v) is 2.53. The van der Waals surface area contributed by atoms with Gasteiger partial charge in [-0.05, 0) is 31.5 Å². The van der Waals surface area contributed by atoms with E-state index in [9.17, 15) is 9.90 Å². The van der Waals surface area contributed by atoms with E-state index in [1.165, 1.54) is 0 Å². The second-order valence-corrected chi connectivity index (χ2v) is 4.46. The van der Waals surface area contributed by atoms with Gasteiger partial charge in [0.05, 0.1) is 12.7 Å². The van der Waals surface area contributed by atoms with E-state index < -0.39 is 6.10 Å². The molecule has 1 amide bonds. The molecule has 5 nitrogen and oxygen atoms in total. The molecule has 2 N–H and O–H groups in total. The van der Waals surface area contributed by atoms with Crippen LogP contribution in [0.25, 0.3) is 0 Å². The van der Waals surface area contributed by atoms with E-state index in [1.807, 2.05) is 6.92 Å². The summed E-state index contributed by atoms with van der Waals surface area (Å²) in [4.78, 5) is 11.6. The molecule has 2 atom stereocenters. The van der Waals surface area contributed by atoms with Gasteiger partial charge in [-0.2, -0.15) is 0 Å². The minimum atomic E-state index is -0.556. The lowest BCUT2D eigenvalue weighted by atomic mass is 10.1. The Morgan fingerprint density at radius 3 is 2.79 bits per heavy atom. The molecule has 1 rings (SSSR count). The fourth-order valence-corrected chi connectivity index (χ4v) is 1.62. The summed E-state index contributed by atoms with van der Waals surface area (Å²) >= 11 is 0. The third-order valence-electron chi connectivity index (χ3n) is 2.53. The fourth-order valence-electron chi connectivity index (χ4n) is 1.62. The number of benzene rings is 1. The van der Waals surface area contributed by atoms with Gasteiger partial charge in [0.15, 0.2) is 6.61 Å². The zero-order valence-corrected chi connectivity index (χ0v) is 11.6. The average molecular weight is 267 g/mol. The van der Waals surface area contributed by atoms with Gasteiger partial charge in [-0.3, -0.25) is 4.79 Å². The topological polar surface area (TPSA) is 67.8 Å². The maximum absolute atomic E-state index is 11.6. The highest BCUT2D eigenvalue weighted by atomic mass is 16.5. The number of methoxy groups -OCH3 is 1. The summed E-state index contributed by atoms with van der Waals surface area (Å²) < 4.78 is 10.3. The summed E-state index contributed by atoms with van der Waals surface area (Å²) in [5.74, 6) is 0.361. The Balaban J connectivity index is 2.43. The predicted molar refractivity (Wildman–Crippen MR) is 72.1 cm³/mol. The maximum Gasteiger partial charge on any atom is 0.258 e. The van der Waals surface area contributed by atoms with Crippen LogP contribution in [0.5, 0.6) is 5.75 Å². The van der Waals surface area contributed by atoms with Crippen LogP contribution >= 0.6 is 0 Å². The van der Waals surface area contributed by atoms with Crippen LogP contribution in [0.15, 0.2) is 24.3 Å². The molecule has 0 saturated carbocycles. The molecule has 0 aliphatic carbocycles. The molecule has 0 saturated heterocycles. The molecule has 0 radical (unpaired) electrons. The molecule has 0 aliphatic rings. The predicted octanol–water partition coefficient (Wildman–Crippen LogP) is 1.27. The van der Waals surface area contributed by atoms with Gasteiger partial charge in [0.25, 0.3) is 5.91 Å². The smallest absolute Gasteiger partial charge is 0.258 e. The van der Waals surface area contributed by atoms with Crippen LogP contribution in [-0.2, 0) is 9.53 Å². The van der Waals surface area contributed by atoms with Crippen molar-refractivity contribution in [2.45, 2.75) is 26.0 Å². The van der Waals surface area contributed by atoms with E-state index in [0.717, 1.165) is 5.56 Å². The summed E-state index contributed by atoms with van der Waals surface area (Å²) in [7, 11) is 1.58. The molecule has 0 aliphatic heterocycles. The number of nitrogens with one attached hydrogen (secondary N) is 1. The molecule has 0 heterocycles. The van der Waals surface area contributed by atoms with Crippen LogP contribution in [0, 0.1) is 0 Å². The van der Waals surface area contributed by atoms with Crippen molar-refractivity contribution in [1.29, 1.82) is 0 Å². The summed E-state index contributed by atoms with van der Waals surface area (Å²) in [6, 6.07) is 7.00. The number of ether oxygens (including phenoxy) is 2. The lowest BCUT2D eigenvalue weighted by molar-refractivity contribution is -0.124. The molecule has 1 unspecified atom stereocenters. The Hall–Kier alpha value is -1.59. The van der Waals surface area contributed by atoms with Gasteiger partial charge in [0, 0.05) is 13.2 Å². The number of hydrogen-bond acceptors (Lipinski definition) is 4. The van der Waals surface area contributed by atoms with Crippen LogP contribution in [0.2, 0.25) is 0 Å². The minimum Gasteiger partial charge on any atom is -0.484 e. The van der Waals surface area contributed by atoms with E-state index in [-0.39, 0.29) is 18.6 Å². The van der Waals surface area contributed by atoms with Gasteiger partial charge in [0.1, 0.15) is 5.75 Å². The van der Waals surface area contributed by atoms with E-state index >= 15 is 0 Å². The maximum atomic E-state index is 11.6. The fraction of sp³-hybridized carbons (Fsp3) is 0.500.